The molecule has 0 saturated heterocycles. The second-order valence-corrected chi connectivity index (χ2v) is 3.19. The Morgan fingerprint density at radius 2 is 1.85 bits per heavy atom. The maximum Gasteiger partial charge on any atom is 0.253 e. The molecule has 0 atom stereocenters. The Hall–Kier alpha value is -1.31. The Morgan fingerprint density at radius 1 is 1.31 bits per heavy atom. The summed E-state index contributed by atoms with van der Waals surface area (Å²) >= 11 is 0. The fourth-order valence-electron chi connectivity index (χ4n) is 1.06. The minimum Gasteiger partial charge on any atom is -0.342 e. The molecule has 0 aliphatic rings. The molecule has 1 amide bonds. The summed E-state index contributed by atoms with van der Waals surface area (Å²) in [6, 6.07) is 7.64. The molecule has 0 heterocycles. The van der Waals surface area contributed by atoms with E-state index >= 15 is 0 Å². The summed E-state index contributed by atoms with van der Waals surface area (Å²) in [5, 5.41) is 0. The molecule has 0 unspecified atom stereocenters. The molecule has 1 aromatic rings. The molecular weight excluding hydrogens is 162 g/mol. The molecule has 0 radical (unpaired) electrons. The molecule has 0 bridgehead atoms. The van der Waals surface area contributed by atoms with E-state index in [0.29, 0.717) is 0 Å². The summed E-state index contributed by atoms with van der Waals surface area (Å²) in [4.78, 5) is 13.3. The van der Waals surface area contributed by atoms with Gasteiger partial charge in [-0.25, -0.2) is 0 Å². The molecule has 0 spiro atoms. The van der Waals surface area contributed by atoms with Crippen molar-refractivity contribution in [1.29, 1.82) is 0 Å². The summed E-state index contributed by atoms with van der Waals surface area (Å²) in [5.41, 5.74) is 1.94. The number of nitrogens with zero attached hydrogens (tertiary/aromatic N) is 1. The summed E-state index contributed by atoms with van der Waals surface area (Å²) in [6.45, 7) is 4.72. The Labute approximate surface area is 79.2 Å². The van der Waals surface area contributed by atoms with Crippen LogP contribution in [0.4, 0.5) is 0 Å². The van der Waals surface area contributed by atoms with Crippen molar-refractivity contribution in [3.63, 3.8) is 0 Å². The first kappa shape index (κ1) is 9.78. The van der Waals surface area contributed by atoms with E-state index in [9.17, 15) is 4.79 Å². The molecule has 0 aliphatic heterocycles. The average molecular weight is 177 g/mol. The van der Waals surface area contributed by atoms with Gasteiger partial charge in [0.15, 0.2) is 0 Å². The van der Waals surface area contributed by atoms with Crippen molar-refractivity contribution in [2.45, 2.75) is 13.8 Å². The van der Waals surface area contributed by atoms with Crippen LogP contribution in [0.5, 0.6) is 0 Å². The lowest BCUT2D eigenvalue weighted by Crippen LogP contribution is -2.26. The van der Waals surface area contributed by atoms with Crippen LogP contribution in [-0.2, 0) is 0 Å². The quantitative estimate of drug-likeness (QED) is 0.677. The van der Waals surface area contributed by atoms with Crippen LogP contribution in [0.25, 0.3) is 0 Å². The monoisotopic (exact) mass is 177 g/mol. The molecule has 0 aromatic heterocycles. The van der Waals surface area contributed by atoms with Crippen molar-refractivity contribution >= 4 is 5.91 Å². The van der Waals surface area contributed by atoms with Crippen molar-refractivity contribution in [2.75, 3.05) is 13.6 Å². The van der Waals surface area contributed by atoms with Crippen LogP contribution in [0.3, 0.4) is 0 Å². The van der Waals surface area contributed by atoms with E-state index in [1.807, 2.05) is 45.2 Å². The average Bonchev–Trinajstić information content (AvgIpc) is 2.17. The maximum absolute atomic E-state index is 11.6. The Bertz CT molecular complexity index is 289. The molecule has 1 aromatic carbocycles. The molecule has 70 valence electrons. The highest BCUT2D eigenvalue weighted by Crippen LogP contribution is 2.05. The molecule has 2 nitrogen and oxygen atoms in total. The van der Waals surface area contributed by atoms with Crippen LogP contribution >= 0.6 is 0 Å². The van der Waals surface area contributed by atoms with Gasteiger partial charge in [0.1, 0.15) is 0 Å². The lowest BCUT2D eigenvalue weighted by Gasteiger charge is -2.14. The highest BCUT2D eigenvalue weighted by atomic mass is 16.2. The van der Waals surface area contributed by atoms with E-state index in [-0.39, 0.29) is 5.91 Å². The van der Waals surface area contributed by atoms with Crippen LogP contribution in [0.15, 0.2) is 24.3 Å². The summed E-state index contributed by atoms with van der Waals surface area (Å²) in [6.07, 6.45) is 0. The molecule has 13 heavy (non-hydrogen) atoms. The van der Waals surface area contributed by atoms with E-state index in [4.69, 9.17) is 0 Å². The summed E-state index contributed by atoms with van der Waals surface area (Å²) < 4.78 is 0. The van der Waals surface area contributed by atoms with E-state index in [1.165, 1.54) is 5.56 Å². The maximum atomic E-state index is 11.6. The molecule has 0 fully saturated rings. The van der Waals surface area contributed by atoms with Crippen LogP contribution < -0.4 is 0 Å². The largest absolute Gasteiger partial charge is 0.342 e. The van der Waals surface area contributed by atoms with E-state index in [0.717, 1.165) is 12.1 Å². The van der Waals surface area contributed by atoms with Gasteiger partial charge < -0.3 is 4.90 Å². The van der Waals surface area contributed by atoms with Gasteiger partial charge in [0.25, 0.3) is 5.91 Å². The normalized spacial score (nSPS) is 9.77. The first-order valence-electron chi connectivity index (χ1n) is 4.47. The number of aryl methyl sites for hydroxylation is 1. The minimum atomic E-state index is 0.0856. The van der Waals surface area contributed by atoms with Gasteiger partial charge in [0.05, 0.1) is 0 Å². The standard InChI is InChI=1S/C11H15NO/c1-4-12(3)11(13)10-7-5-9(2)6-8-10/h5-8H,4H2,1-3H3. The number of hydrogen-bond donors (Lipinski definition) is 0. The van der Waals surface area contributed by atoms with Gasteiger partial charge in [-0.15, -0.1) is 0 Å². The highest BCUT2D eigenvalue weighted by Gasteiger charge is 2.08. The zero-order chi connectivity index (χ0) is 9.84. The minimum absolute atomic E-state index is 0.0856. The van der Waals surface area contributed by atoms with Crippen LogP contribution in [0.2, 0.25) is 0 Å². The van der Waals surface area contributed by atoms with Gasteiger partial charge in [-0.2, -0.15) is 0 Å². The lowest BCUT2D eigenvalue weighted by molar-refractivity contribution is 0.0802. The van der Waals surface area contributed by atoms with Crippen molar-refractivity contribution in [3.8, 4) is 0 Å². The van der Waals surface area contributed by atoms with E-state index < -0.39 is 0 Å². The molecule has 2 heteroatoms. The van der Waals surface area contributed by atoms with Gasteiger partial charge in [-0.05, 0) is 26.0 Å². The van der Waals surface area contributed by atoms with Crippen LogP contribution in [-0.4, -0.2) is 24.4 Å². The van der Waals surface area contributed by atoms with Crippen LogP contribution in [0.1, 0.15) is 22.8 Å². The Kier molecular flexibility index (Phi) is 3.07. The number of hydrogen-bond acceptors (Lipinski definition) is 1. The molecule has 0 aliphatic carbocycles. The Morgan fingerprint density at radius 3 is 2.31 bits per heavy atom. The second-order valence-electron chi connectivity index (χ2n) is 3.19. The third-order valence-electron chi connectivity index (χ3n) is 2.12. The van der Waals surface area contributed by atoms with Crippen molar-refractivity contribution in [2.24, 2.45) is 0 Å². The molecule has 1 rings (SSSR count). The topological polar surface area (TPSA) is 20.3 Å². The molecular formula is C11H15NO. The smallest absolute Gasteiger partial charge is 0.253 e. The van der Waals surface area contributed by atoms with Gasteiger partial charge >= 0.3 is 0 Å². The predicted molar refractivity (Wildman–Crippen MR) is 53.8 cm³/mol. The fraction of sp³-hybridized carbons (Fsp3) is 0.364. The van der Waals surface area contributed by atoms with Gasteiger partial charge in [-0.3, -0.25) is 4.79 Å². The van der Waals surface area contributed by atoms with Crippen molar-refractivity contribution in [1.82, 2.24) is 4.90 Å². The van der Waals surface area contributed by atoms with Crippen molar-refractivity contribution < 1.29 is 4.79 Å². The fourth-order valence-corrected chi connectivity index (χ4v) is 1.06. The number of benzene rings is 1. The van der Waals surface area contributed by atoms with Gasteiger partial charge in [0.2, 0.25) is 0 Å². The second kappa shape index (κ2) is 4.08. The summed E-state index contributed by atoms with van der Waals surface area (Å²) in [7, 11) is 1.81. The predicted octanol–water partition coefficient (Wildman–Crippen LogP) is 2.09. The number of rotatable bonds is 2. The first-order chi connectivity index (χ1) is 6.15. The zero-order valence-corrected chi connectivity index (χ0v) is 8.37. The number of carbonyl (C=O) groups excluding carboxylic acids is 1. The number of carbonyl (C=O) groups is 1. The van der Waals surface area contributed by atoms with Gasteiger partial charge in [0, 0.05) is 19.2 Å². The first-order valence-corrected chi connectivity index (χ1v) is 4.47. The highest BCUT2D eigenvalue weighted by molar-refractivity contribution is 5.94. The lowest BCUT2D eigenvalue weighted by atomic mass is 10.1. The Balaban J connectivity index is 2.83. The zero-order valence-electron chi connectivity index (χ0n) is 8.37. The third kappa shape index (κ3) is 2.31. The van der Waals surface area contributed by atoms with E-state index in [1.54, 1.807) is 4.90 Å². The summed E-state index contributed by atoms with van der Waals surface area (Å²) in [5.74, 6) is 0.0856. The number of amides is 1. The molecule has 0 N–H and O–H groups in total. The molecule has 0 saturated carbocycles. The van der Waals surface area contributed by atoms with Crippen LogP contribution in [0, 0.1) is 6.92 Å². The van der Waals surface area contributed by atoms with Gasteiger partial charge in [-0.1, -0.05) is 17.7 Å². The SMILES string of the molecule is CCN(C)C(=O)c1ccc(C)cc1. The van der Waals surface area contributed by atoms with E-state index in [2.05, 4.69) is 0 Å². The third-order valence-corrected chi connectivity index (χ3v) is 2.12. The van der Waals surface area contributed by atoms with Crippen molar-refractivity contribution in [3.05, 3.63) is 35.4 Å².